The Labute approximate surface area is 237 Å². The summed E-state index contributed by atoms with van der Waals surface area (Å²) < 4.78 is 5.13. The van der Waals surface area contributed by atoms with Crippen LogP contribution in [-0.4, -0.2) is 82.8 Å². The second-order valence-corrected chi connectivity index (χ2v) is 9.44. The number of hydrogen-bond acceptors (Lipinski definition) is 9. The molecule has 228 valence electrons. The highest BCUT2D eigenvalue weighted by Crippen LogP contribution is 2.04. The average Bonchev–Trinajstić information content (AvgIpc) is 2.90. The molecule has 0 fully saturated rings. The van der Waals surface area contributed by atoms with Crippen molar-refractivity contribution in [1.29, 1.82) is 0 Å². The Kier molecular flexibility index (Phi) is 15.4. The van der Waals surface area contributed by atoms with Gasteiger partial charge in [-0.2, -0.15) is 0 Å². The minimum Gasteiger partial charge on any atom is -0.480 e. The highest BCUT2D eigenvalue weighted by Gasteiger charge is 2.28. The van der Waals surface area contributed by atoms with Gasteiger partial charge in [0.05, 0.1) is 12.5 Å². The number of carbonyl (C=O) groups is 6. The van der Waals surface area contributed by atoms with E-state index in [-0.39, 0.29) is 19.6 Å². The van der Waals surface area contributed by atoms with Crippen LogP contribution in [0, 0.1) is 0 Å². The van der Waals surface area contributed by atoms with Crippen molar-refractivity contribution in [3.05, 3.63) is 35.9 Å². The van der Waals surface area contributed by atoms with E-state index >= 15 is 0 Å². The van der Waals surface area contributed by atoms with E-state index in [4.69, 9.17) is 15.6 Å². The first-order valence-corrected chi connectivity index (χ1v) is 13.1. The molecule has 41 heavy (non-hydrogen) atoms. The molecule has 5 amide bonds. The van der Waals surface area contributed by atoms with E-state index in [9.17, 15) is 33.9 Å². The van der Waals surface area contributed by atoms with Crippen LogP contribution < -0.4 is 32.3 Å². The van der Waals surface area contributed by atoms with Crippen molar-refractivity contribution in [2.45, 2.75) is 83.5 Å². The Balaban J connectivity index is 2.49. The predicted octanol–water partition coefficient (Wildman–Crippen LogP) is -1.17. The van der Waals surface area contributed by atoms with Gasteiger partial charge in [0.2, 0.25) is 23.6 Å². The molecular formula is C26H40N6O9. The number of aliphatic hydroxyl groups is 1. The molecule has 15 heteroatoms. The van der Waals surface area contributed by atoms with Crippen molar-refractivity contribution in [2.24, 2.45) is 5.73 Å². The van der Waals surface area contributed by atoms with Crippen LogP contribution in [0.2, 0.25) is 0 Å². The summed E-state index contributed by atoms with van der Waals surface area (Å²) in [5.41, 5.74) is 5.86. The van der Waals surface area contributed by atoms with E-state index in [0.717, 1.165) is 5.56 Å². The number of aliphatic carboxylic acids is 1. The number of rotatable bonds is 18. The maximum atomic E-state index is 12.8. The highest BCUT2D eigenvalue weighted by atomic mass is 16.5. The van der Waals surface area contributed by atoms with Crippen molar-refractivity contribution in [3.63, 3.8) is 0 Å². The van der Waals surface area contributed by atoms with Gasteiger partial charge in [0.1, 0.15) is 31.0 Å². The van der Waals surface area contributed by atoms with Crippen LogP contribution >= 0.6 is 0 Å². The fraction of sp³-hybridized carbons (Fsp3) is 0.538. The van der Waals surface area contributed by atoms with E-state index in [2.05, 4.69) is 26.6 Å². The predicted molar refractivity (Wildman–Crippen MR) is 146 cm³/mol. The molecule has 1 aromatic carbocycles. The summed E-state index contributed by atoms with van der Waals surface area (Å²) in [6.45, 7) is 4.45. The molecule has 0 saturated carbocycles. The lowest BCUT2D eigenvalue weighted by molar-refractivity contribution is -0.142. The molecule has 1 aromatic rings. The first kappa shape index (κ1) is 34.8. The topological polar surface area (TPSA) is 238 Å². The van der Waals surface area contributed by atoms with Crippen LogP contribution in [0.1, 0.15) is 52.0 Å². The molecule has 0 aromatic heterocycles. The largest absolute Gasteiger partial charge is 0.480 e. The smallest absolute Gasteiger partial charge is 0.407 e. The van der Waals surface area contributed by atoms with Crippen molar-refractivity contribution in [3.8, 4) is 0 Å². The van der Waals surface area contributed by atoms with Gasteiger partial charge < -0.3 is 42.0 Å². The number of primary amides is 1. The summed E-state index contributed by atoms with van der Waals surface area (Å²) >= 11 is 0. The number of carbonyl (C=O) groups excluding carboxylic acids is 5. The number of hydrogen-bond donors (Lipinski definition) is 8. The number of nitrogens with two attached hydrogens (primary N) is 1. The number of ether oxygens (including phenoxy) is 1. The Hall–Kier alpha value is -4.24. The number of benzene rings is 1. The molecule has 0 radical (unpaired) electrons. The summed E-state index contributed by atoms with van der Waals surface area (Å²) in [7, 11) is 0. The van der Waals surface area contributed by atoms with Crippen LogP contribution in [0.5, 0.6) is 0 Å². The van der Waals surface area contributed by atoms with Gasteiger partial charge in [-0.15, -0.1) is 0 Å². The third-order valence-electron chi connectivity index (χ3n) is 5.77. The van der Waals surface area contributed by atoms with Crippen LogP contribution in [-0.2, 0) is 35.3 Å². The lowest BCUT2D eigenvalue weighted by Crippen LogP contribution is -2.57. The Morgan fingerprint density at radius 3 is 2.17 bits per heavy atom. The van der Waals surface area contributed by atoms with Gasteiger partial charge in [0.25, 0.3) is 0 Å². The van der Waals surface area contributed by atoms with E-state index in [1.165, 1.54) is 20.8 Å². The quantitative estimate of drug-likeness (QED) is 0.0765. The first-order chi connectivity index (χ1) is 19.3. The minimum atomic E-state index is -1.54. The maximum absolute atomic E-state index is 12.8. The molecule has 0 heterocycles. The third kappa shape index (κ3) is 14.6. The maximum Gasteiger partial charge on any atom is 0.407 e. The SMILES string of the molecule is CC(=O)N[C@@H](CCCCNC(=O)OCc1ccccc1)C(=O)N[C@@H](C)C(=O)N[C@@H](C)C(O)N[C@@H](CC(N)=O)C(=O)O. The second-order valence-electron chi connectivity index (χ2n) is 9.44. The molecule has 0 aliphatic rings. The lowest BCUT2D eigenvalue weighted by Gasteiger charge is -2.26. The number of carboxylic acids is 1. The molecular weight excluding hydrogens is 540 g/mol. The fourth-order valence-corrected chi connectivity index (χ4v) is 3.53. The Morgan fingerprint density at radius 1 is 0.927 bits per heavy atom. The van der Waals surface area contributed by atoms with Gasteiger partial charge in [0, 0.05) is 13.5 Å². The number of carboxylic acid groups (broad SMARTS) is 1. The van der Waals surface area contributed by atoms with E-state index in [1.54, 1.807) is 0 Å². The third-order valence-corrected chi connectivity index (χ3v) is 5.77. The molecule has 1 rings (SSSR count). The average molecular weight is 581 g/mol. The van der Waals surface area contributed by atoms with Crippen LogP contribution in [0.25, 0.3) is 0 Å². The second kappa shape index (κ2) is 18.2. The normalized spacial score (nSPS) is 14.3. The molecule has 0 bridgehead atoms. The fourth-order valence-electron chi connectivity index (χ4n) is 3.53. The van der Waals surface area contributed by atoms with Crippen LogP contribution in [0.15, 0.2) is 30.3 Å². The van der Waals surface area contributed by atoms with Gasteiger partial charge in [0.15, 0.2) is 0 Å². The summed E-state index contributed by atoms with van der Waals surface area (Å²) in [6, 6.07) is 4.70. The van der Waals surface area contributed by atoms with Gasteiger partial charge in [-0.05, 0) is 38.7 Å². The molecule has 5 atom stereocenters. The zero-order valence-electron chi connectivity index (χ0n) is 23.3. The highest BCUT2D eigenvalue weighted by molar-refractivity contribution is 5.91. The molecule has 0 aliphatic carbocycles. The molecule has 9 N–H and O–H groups in total. The Bertz CT molecular complexity index is 1040. The van der Waals surface area contributed by atoms with Gasteiger partial charge in [-0.1, -0.05) is 30.3 Å². The van der Waals surface area contributed by atoms with Gasteiger partial charge >= 0.3 is 12.1 Å². The van der Waals surface area contributed by atoms with Crippen molar-refractivity contribution >= 4 is 35.7 Å². The van der Waals surface area contributed by atoms with Crippen LogP contribution in [0.4, 0.5) is 4.79 Å². The first-order valence-electron chi connectivity index (χ1n) is 13.1. The van der Waals surface area contributed by atoms with Crippen molar-refractivity contribution in [1.82, 2.24) is 26.6 Å². The number of nitrogens with one attached hydrogen (secondary N) is 5. The summed E-state index contributed by atoms with van der Waals surface area (Å²) in [5, 5.41) is 31.7. The number of alkyl carbamates (subject to hydrolysis) is 1. The van der Waals surface area contributed by atoms with Crippen LogP contribution in [0.3, 0.4) is 0 Å². The van der Waals surface area contributed by atoms with Gasteiger partial charge in [-0.3, -0.25) is 29.3 Å². The molecule has 0 spiro atoms. The number of amides is 5. The zero-order valence-corrected chi connectivity index (χ0v) is 23.3. The number of aliphatic hydroxyl groups excluding tert-OH is 1. The summed E-state index contributed by atoms with van der Waals surface area (Å²) in [6.07, 6.45) is -1.50. The lowest BCUT2D eigenvalue weighted by atomic mass is 10.1. The standard InChI is InChI=1S/C26H40N6O9/c1-15(22(35)29-16(2)23(36)32-20(25(38)39)13-21(27)34)30-24(37)19(31-17(3)33)11-7-8-12-28-26(40)41-14-18-9-5-4-6-10-18/h4-6,9-10,15-16,19-20,23,32,36H,7-8,11-14H2,1-3H3,(H2,27,34)(H,28,40)(H,29,35)(H,30,37)(H,31,33)(H,38,39)/t15-,16-,19-,20-,23?/m0/s1. The molecule has 1 unspecified atom stereocenters. The summed E-state index contributed by atoms with van der Waals surface area (Å²) in [4.78, 5) is 71.0. The molecule has 15 nitrogen and oxygen atoms in total. The Morgan fingerprint density at radius 2 is 1.59 bits per heavy atom. The number of unbranched alkanes of at least 4 members (excludes halogenated alkanes) is 1. The van der Waals surface area contributed by atoms with Crippen molar-refractivity contribution in [2.75, 3.05) is 6.54 Å². The summed E-state index contributed by atoms with van der Waals surface area (Å²) in [5.74, 6) is -4.05. The van der Waals surface area contributed by atoms with Gasteiger partial charge in [-0.25, -0.2) is 4.79 Å². The monoisotopic (exact) mass is 580 g/mol. The van der Waals surface area contributed by atoms with E-state index in [0.29, 0.717) is 12.8 Å². The van der Waals surface area contributed by atoms with E-state index in [1.807, 2.05) is 30.3 Å². The minimum absolute atomic E-state index is 0.135. The molecule has 0 saturated heterocycles. The van der Waals surface area contributed by atoms with Crippen molar-refractivity contribution < 1.29 is 43.7 Å². The molecule has 0 aliphatic heterocycles. The zero-order chi connectivity index (χ0) is 30.9. The van der Waals surface area contributed by atoms with E-state index < -0.39 is 72.5 Å².